The van der Waals surface area contributed by atoms with Crippen LogP contribution in [0.1, 0.15) is 0 Å². The van der Waals surface area contributed by atoms with Crippen LogP contribution in [0.5, 0.6) is 0 Å². The second-order valence-corrected chi connectivity index (χ2v) is 1.32. The lowest BCUT2D eigenvalue weighted by molar-refractivity contribution is -0.110. The van der Waals surface area contributed by atoms with E-state index in [1.54, 1.807) is 0 Å². The molecule has 1 aliphatic rings. The molecule has 0 saturated carbocycles. The van der Waals surface area contributed by atoms with Crippen molar-refractivity contribution in [2.75, 3.05) is 0 Å². The Labute approximate surface area is 50.5 Å². The number of hydrogen-bond acceptors (Lipinski definition) is 4. The third-order valence-corrected chi connectivity index (χ3v) is 0.762. The molecule has 1 aliphatic heterocycles. The van der Waals surface area contributed by atoms with Gasteiger partial charge in [-0.3, -0.25) is 9.59 Å². The number of nitrogens with zero attached hydrogens (tertiary/aromatic N) is 2. The first kappa shape index (κ1) is 5.61. The third-order valence-electron chi connectivity index (χ3n) is 0.762. The summed E-state index contributed by atoms with van der Waals surface area (Å²) < 4.78 is 0. The van der Waals surface area contributed by atoms with Gasteiger partial charge in [0.2, 0.25) is 18.0 Å². The summed E-state index contributed by atoms with van der Waals surface area (Å²) in [6.45, 7) is 0. The predicted molar refractivity (Wildman–Crippen MR) is 30.1 cm³/mol. The van der Waals surface area contributed by atoms with Crippen molar-refractivity contribution >= 4 is 24.2 Å². The van der Waals surface area contributed by atoms with E-state index in [4.69, 9.17) is 0 Å². The van der Waals surface area contributed by atoms with Crippen molar-refractivity contribution in [1.29, 1.82) is 0 Å². The molecule has 1 heterocycles. The minimum Gasteiger partial charge on any atom is -0.308 e. The zero-order chi connectivity index (χ0) is 6.69. The molecule has 0 radical (unpaired) electrons. The van der Waals surface area contributed by atoms with Crippen molar-refractivity contribution in [3.8, 4) is 0 Å². The number of nitrogens with one attached hydrogen (secondary N) is 1. The summed E-state index contributed by atoms with van der Waals surface area (Å²) in [6.07, 6.45) is 1.41. The molecular weight excluding hydrogens is 122 g/mol. The average molecular weight is 125 g/mol. The maximum atomic E-state index is 10.5. The summed E-state index contributed by atoms with van der Waals surface area (Å²) >= 11 is 0. The maximum absolute atomic E-state index is 10.5. The van der Waals surface area contributed by atoms with Crippen molar-refractivity contribution in [3.63, 3.8) is 0 Å². The number of Topliss-reactive ketones (excluding diaryl/α,β-unsaturated/α-hetero) is 1. The molecule has 9 heavy (non-hydrogen) atoms. The van der Waals surface area contributed by atoms with E-state index < -0.39 is 0 Å². The number of rotatable bonds is 1. The van der Waals surface area contributed by atoms with Crippen LogP contribution >= 0.6 is 0 Å². The SMILES string of the molecule is O=CNC1=NN=CC1=O. The van der Waals surface area contributed by atoms with Gasteiger partial charge in [-0.1, -0.05) is 0 Å². The second-order valence-electron chi connectivity index (χ2n) is 1.32. The first-order valence-corrected chi connectivity index (χ1v) is 2.20. The third kappa shape index (κ3) is 0.987. The van der Waals surface area contributed by atoms with Gasteiger partial charge in [0.05, 0.1) is 0 Å². The lowest BCUT2D eigenvalue weighted by Crippen LogP contribution is -2.27. The van der Waals surface area contributed by atoms with E-state index in [2.05, 4.69) is 15.5 Å². The van der Waals surface area contributed by atoms with Crippen molar-refractivity contribution in [2.45, 2.75) is 0 Å². The molecule has 0 aromatic heterocycles. The minimum atomic E-state index is -0.373. The largest absolute Gasteiger partial charge is 0.308 e. The Kier molecular flexibility index (Phi) is 1.35. The smallest absolute Gasteiger partial charge is 0.243 e. The van der Waals surface area contributed by atoms with Gasteiger partial charge in [0, 0.05) is 0 Å². The summed E-state index contributed by atoms with van der Waals surface area (Å²) in [4.78, 5) is 20.2. The monoisotopic (exact) mass is 125 g/mol. The van der Waals surface area contributed by atoms with E-state index in [1.807, 2.05) is 0 Å². The van der Waals surface area contributed by atoms with E-state index >= 15 is 0 Å². The highest BCUT2D eigenvalue weighted by molar-refractivity contribution is 6.62. The maximum Gasteiger partial charge on any atom is 0.243 e. The van der Waals surface area contributed by atoms with Crippen molar-refractivity contribution < 1.29 is 9.59 Å². The van der Waals surface area contributed by atoms with Crippen LogP contribution < -0.4 is 5.32 Å². The topological polar surface area (TPSA) is 70.9 Å². The van der Waals surface area contributed by atoms with Gasteiger partial charge < -0.3 is 5.32 Å². The second kappa shape index (κ2) is 2.17. The summed E-state index contributed by atoms with van der Waals surface area (Å²) in [5.74, 6) is -0.396. The Hall–Kier alpha value is -1.52. The summed E-state index contributed by atoms with van der Waals surface area (Å²) in [6, 6.07) is 0. The van der Waals surface area contributed by atoms with Gasteiger partial charge in [0.1, 0.15) is 6.21 Å². The van der Waals surface area contributed by atoms with E-state index in [0.717, 1.165) is 6.21 Å². The molecule has 0 saturated heterocycles. The van der Waals surface area contributed by atoms with Crippen LogP contribution in [0.4, 0.5) is 0 Å². The fourth-order valence-electron chi connectivity index (χ4n) is 0.405. The van der Waals surface area contributed by atoms with Gasteiger partial charge in [0.25, 0.3) is 0 Å². The lowest BCUT2D eigenvalue weighted by atomic mass is 10.4. The number of amides is 1. The molecule has 0 atom stereocenters. The Balaban J connectivity index is 2.64. The summed E-state index contributed by atoms with van der Waals surface area (Å²) in [5, 5.41) is 8.65. The van der Waals surface area contributed by atoms with Crippen molar-refractivity contribution in [2.24, 2.45) is 10.2 Å². The zero-order valence-electron chi connectivity index (χ0n) is 4.37. The fourth-order valence-corrected chi connectivity index (χ4v) is 0.405. The molecule has 5 nitrogen and oxygen atoms in total. The van der Waals surface area contributed by atoms with Crippen molar-refractivity contribution in [3.05, 3.63) is 0 Å². The molecule has 0 spiro atoms. The van der Waals surface area contributed by atoms with Crippen LogP contribution in [-0.4, -0.2) is 24.2 Å². The fraction of sp³-hybridized carbons (Fsp3) is 0. The molecule has 0 bridgehead atoms. The summed E-state index contributed by atoms with van der Waals surface area (Å²) in [5.41, 5.74) is 0. The normalized spacial score (nSPS) is 15.6. The van der Waals surface area contributed by atoms with Gasteiger partial charge in [0.15, 0.2) is 0 Å². The van der Waals surface area contributed by atoms with Gasteiger partial charge in [-0.05, 0) is 0 Å². The van der Waals surface area contributed by atoms with E-state index in [9.17, 15) is 9.59 Å². The molecule has 1 amide bonds. The molecule has 5 heteroatoms. The zero-order valence-corrected chi connectivity index (χ0v) is 4.37. The Morgan fingerprint density at radius 1 is 1.67 bits per heavy atom. The summed E-state index contributed by atoms with van der Waals surface area (Å²) in [7, 11) is 0. The number of ketones is 1. The highest BCUT2D eigenvalue weighted by Gasteiger charge is 2.11. The van der Waals surface area contributed by atoms with Crippen LogP contribution in [0.2, 0.25) is 0 Å². The Morgan fingerprint density at radius 2 is 2.44 bits per heavy atom. The highest BCUT2D eigenvalue weighted by Crippen LogP contribution is 1.84. The first-order valence-electron chi connectivity index (χ1n) is 2.20. The molecule has 0 aromatic carbocycles. The molecular formula is C4H3N3O2. The molecule has 0 aromatic rings. The van der Waals surface area contributed by atoms with E-state index in [-0.39, 0.29) is 11.6 Å². The molecule has 1 rings (SSSR count). The van der Waals surface area contributed by atoms with Crippen molar-refractivity contribution in [1.82, 2.24) is 5.32 Å². The van der Waals surface area contributed by atoms with E-state index in [1.165, 1.54) is 0 Å². The average Bonchev–Trinajstić information content (AvgIpc) is 2.18. The Morgan fingerprint density at radius 3 is 2.89 bits per heavy atom. The molecule has 0 unspecified atom stereocenters. The van der Waals surface area contributed by atoms with Gasteiger partial charge >= 0.3 is 0 Å². The first-order chi connectivity index (χ1) is 4.34. The molecule has 46 valence electrons. The van der Waals surface area contributed by atoms with Gasteiger partial charge in [-0.15, -0.1) is 5.10 Å². The number of hydrogen-bond donors (Lipinski definition) is 1. The van der Waals surface area contributed by atoms with Gasteiger partial charge in [-0.2, -0.15) is 5.10 Å². The van der Waals surface area contributed by atoms with Crippen LogP contribution in [0.15, 0.2) is 10.2 Å². The highest BCUT2D eigenvalue weighted by atomic mass is 16.1. The minimum absolute atomic E-state index is 0.0231. The molecule has 0 fully saturated rings. The number of carbonyl (C=O) groups excluding carboxylic acids is 2. The van der Waals surface area contributed by atoms with Crippen LogP contribution in [-0.2, 0) is 9.59 Å². The Bertz CT molecular complexity index is 206. The van der Waals surface area contributed by atoms with Crippen LogP contribution in [0.3, 0.4) is 0 Å². The predicted octanol–water partition coefficient (Wildman–Crippen LogP) is -1.30. The molecule has 1 N–H and O–H groups in total. The number of amidine groups is 1. The standard InChI is InChI=1S/C4H3N3O2/c8-2-5-4-3(9)1-6-7-4/h1-2H,(H,5,7,8,9). The van der Waals surface area contributed by atoms with Gasteiger partial charge in [-0.25, -0.2) is 0 Å². The van der Waals surface area contributed by atoms with Crippen LogP contribution in [0, 0.1) is 0 Å². The van der Waals surface area contributed by atoms with E-state index in [0.29, 0.717) is 6.41 Å². The number of carbonyl (C=O) groups is 2. The quantitative estimate of drug-likeness (QED) is 0.442. The molecule has 0 aliphatic carbocycles. The van der Waals surface area contributed by atoms with Crippen LogP contribution in [0.25, 0.3) is 0 Å². The lowest BCUT2D eigenvalue weighted by Gasteiger charge is -1.87.